The normalized spacial score (nSPS) is 11.4. The number of anilines is 1. The van der Waals surface area contributed by atoms with Gasteiger partial charge in [0.2, 0.25) is 0 Å². The third-order valence-corrected chi connectivity index (χ3v) is 5.51. The van der Waals surface area contributed by atoms with Gasteiger partial charge in [-0.25, -0.2) is 8.42 Å². The van der Waals surface area contributed by atoms with Gasteiger partial charge in [0.05, 0.1) is 12.8 Å². The van der Waals surface area contributed by atoms with Gasteiger partial charge in [0.1, 0.15) is 10.6 Å². The molecule has 2 aromatic rings. The molecule has 0 aliphatic carbocycles. The molecule has 0 fully saturated rings. The van der Waals surface area contributed by atoms with Crippen LogP contribution in [0.1, 0.15) is 9.75 Å². The number of aryl methyl sites for hydroxylation is 2. The van der Waals surface area contributed by atoms with Crippen LogP contribution < -0.4 is 9.46 Å². The van der Waals surface area contributed by atoms with Crippen molar-refractivity contribution in [3.05, 3.63) is 39.0 Å². The second-order valence-corrected chi connectivity index (χ2v) is 7.78. The lowest BCUT2D eigenvalue weighted by molar-refractivity contribution is 0.417. The Kier molecular flexibility index (Phi) is 4.27. The third-order valence-electron chi connectivity index (χ3n) is 2.69. The Morgan fingerprint density at radius 1 is 1.25 bits per heavy atom. The van der Waals surface area contributed by atoms with Crippen LogP contribution in [-0.4, -0.2) is 15.5 Å². The molecule has 0 amide bonds. The molecule has 7 heteroatoms. The Labute approximate surface area is 127 Å². The molecule has 2 rings (SSSR count). The van der Waals surface area contributed by atoms with Gasteiger partial charge in [-0.1, -0.05) is 11.6 Å². The summed E-state index contributed by atoms with van der Waals surface area (Å²) in [6.07, 6.45) is 0. The Balaban J connectivity index is 2.43. The number of halogens is 1. The fourth-order valence-electron chi connectivity index (χ4n) is 1.83. The maximum Gasteiger partial charge on any atom is 0.263 e. The largest absolute Gasteiger partial charge is 0.495 e. The molecular weight excluding hydrogens is 318 g/mol. The summed E-state index contributed by atoms with van der Waals surface area (Å²) in [5.74, 6) is 0.419. The Bertz CT molecular complexity index is 738. The predicted octanol–water partition coefficient (Wildman–Crippen LogP) is 3.83. The number of sulfonamides is 1. The minimum absolute atomic E-state index is 0.280. The van der Waals surface area contributed by atoms with Crippen molar-refractivity contribution in [3.8, 4) is 5.75 Å². The van der Waals surface area contributed by atoms with E-state index in [2.05, 4.69) is 4.72 Å². The number of methoxy groups -OCH3 is 1. The second-order valence-electron chi connectivity index (χ2n) is 4.23. The highest BCUT2D eigenvalue weighted by atomic mass is 35.5. The number of hydrogen-bond donors (Lipinski definition) is 1. The van der Waals surface area contributed by atoms with E-state index in [1.165, 1.54) is 24.5 Å². The van der Waals surface area contributed by atoms with E-state index in [-0.39, 0.29) is 4.90 Å². The maximum atomic E-state index is 12.4. The van der Waals surface area contributed by atoms with Crippen molar-refractivity contribution in [1.29, 1.82) is 0 Å². The summed E-state index contributed by atoms with van der Waals surface area (Å²) in [6, 6.07) is 6.43. The molecule has 0 spiro atoms. The van der Waals surface area contributed by atoms with Crippen molar-refractivity contribution in [2.75, 3.05) is 11.8 Å². The molecule has 0 radical (unpaired) electrons. The summed E-state index contributed by atoms with van der Waals surface area (Å²) in [7, 11) is -2.18. The lowest BCUT2D eigenvalue weighted by atomic mass is 10.3. The zero-order valence-corrected chi connectivity index (χ0v) is 13.6. The van der Waals surface area contributed by atoms with Crippen molar-refractivity contribution in [2.24, 2.45) is 0 Å². The summed E-state index contributed by atoms with van der Waals surface area (Å²) >= 11 is 7.34. The van der Waals surface area contributed by atoms with Crippen molar-refractivity contribution in [2.45, 2.75) is 18.7 Å². The first-order valence-corrected chi connectivity index (χ1v) is 8.44. The van der Waals surface area contributed by atoms with Gasteiger partial charge >= 0.3 is 0 Å². The van der Waals surface area contributed by atoms with Gasteiger partial charge < -0.3 is 4.74 Å². The highest BCUT2D eigenvalue weighted by molar-refractivity contribution is 7.93. The fourth-order valence-corrected chi connectivity index (χ4v) is 4.62. The molecular formula is C13H14ClNO3S2. The summed E-state index contributed by atoms with van der Waals surface area (Å²) in [5, 5.41) is 0.432. The number of benzene rings is 1. The lowest BCUT2D eigenvalue weighted by Crippen LogP contribution is -2.13. The number of thiophene rings is 1. The van der Waals surface area contributed by atoms with Gasteiger partial charge in [-0.3, -0.25) is 4.72 Å². The van der Waals surface area contributed by atoms with Gasteiger partial charge in [-0.2, -0.15) is 0 Å². The molecule has 1 aromatic heterocycles. The smallest absolute Gasteiger partial charge is 0.263 e. The summed E-state index contributed by atoms with van der Waals surface area (Å²) in [4.78, 5) is 1.97. The van der Waals surface area contributed by atoms with Crippen molar-refractivity contribution in [1.82, 2.24) is 0 Å². The summed E-state index contributed by atoms with van der Waals surface area (Å²) < 4.78 is 32.5. The molecule has 0 unspecified atom stereocenters. The Morgan fingerprint density at radius 3 is 2.50 bits per heavy atom. The third kappa shape index (κ3) is 3.08. The van der Waals surface area contributed by atoms with E-state index in [0.29, 0.717) is 16.5 Å². The number of rotatable bonds is 4. The molecule has 0 aliphatic rings. The van der Waals surface area contributed by atoms with Crippen LogP contribution in [0, 0.1) is 13.8 Å². The standard InChI is InChI=1S/C13H14ClNO3S2/c1-8-6-13(9(2)19-8)20(16,17)15-11-7-10(14)4-5-12(11)18-3/h4-7,15H,1-3H3. The van der Waals surface area contributed by atoms with Crippen LogP contribution in [0.4, 0.5) is 5.69 Å². The first kappa shape index (κ1) is 15.2. The predicted molar refractivity (Wildman–Crippen MR) is 82.6 cm³/mol. The van der Waals surface area contributed by atoms with Crippen molar-refractivity contribution < 1.29 is 13.2 Å². The lowest BCUT2D eigenvalue weighted by Gasteiger charge is -2.12. The summed E-state index contributed by atoms with van der Waals surface area (Å²) in [6.45, 7) is 3.65. The minimum atomic E-state index is -3.65. The van der Waals surface area contributed by atoms with Gasteiger partial charge in [0.15, 0.2) is 0 Å². The Hall–Kier alpha value is -1.24. The van der Waals surface area contributed by atoms with Crippen LogP contribution >= 0.6 is 22.9 Å². The van der Waals surface area contributed by atoms with Crippen LogP contribution in [0.3, 0.4) is 0 Å². The van der Waals surface area contributed by atoms with Crippen molar-refractivity contribution >= 4 is 38.6 Å². The molecule has 1 aromatic carbocycles. The van der Waals surface area contributed by atoms with E-state index < -0.39 is 10.0 Å². The fraction of sp³-hybridized carbons (Fsp3) is 0.231. The molecule has 0 bridgehead atoms. The quantitative estimate of drug-likeness (QED) is 0.926. The monoisotopic (exact) mass is 331 g/mol. The van der Waals surface area contributed by atoms with Crippen LogP contribution in [0.25, 0.3) is 0 Å². The average Bonchev–Trinajstić information content (AvgIpc) is 2.69. The zero-order valence-electron chi connectivity index (χ0n) is 11.2. The average molecular weight is 332 g/mol. The van der Waals surface area contributed by atoms with Crippen LogP contribution in [0.15, 0.2) is 29.2 Å². The molecule has 1 heterocycles. The van der Waals surface area contributed by atoms with Crippen LogP contribution in [0.5, 0.6) is 5.75 Å². The molecule has 0 saturated heterocycles. The molecule has 4 nitrogen and oxygen atoms in total. The molecule has 1 N–H and O–H groups in total. The number of hydrogen-bond acceptors (Lipinski definition) is 4. The van der Waals surface area contributed by atoms with Crippen LogP contribution in [-0.2, 0) is 10.0 Å². The first-order chi connectivity index (χ1) is 9.33. The van der Waals surface area contributed by atoms with E-state index in [1.54, 1.807) is 25.1 Å². The molecule has 20 heavy (non-hydrogen) atoms. The maximum absolute atomic E-state index is 12.4. The van der Waals surface area contributed by atoms with E-state index in [1.807, 2.05) is 6.92 Å². The highest BCUT2D eigenvalue weighted by Crippen LogP contribution is 2.32. The molecule has 108 valence electrons. The SMILES string of the molecule is COc1ccc(Cl)cc1NS(=O)(=O)c1cc(C)sc1C. The number of ether oxygens (including phenoxy) is 1. The van der Waals surface area contributed by atoms with Gasteiger partial charge in [0.25, 0.3) is 10.0 Å². The molecule has 0 aliphatic heterocycles. The van der Waals surface area contributed by atoms with E-state index in [9.17, 15) is 8.42 Å². The topological polar surface area (TPSA) is 55.4 Å². The van der Waals surface area contributed by atoms with Crippen molar-refractivity contribution in [3.63, 3.8) is 0 Å². The van der Waals surface area contributed by atoms with E-state index in [4.69, 9.17) is 16.3 Å². The Morgan fingerprint density at radius 2 is 1.95 bits per heavy atom. The molecule has 0 saturated carbocycles. The summed E-state index contributed by atoms with van der Waals surface area (Å²) in [5.41, 5.74) is 0.322. The van der Waals surface area contributed by atoms with E-state index >= 15 is 0 Å². The second kappa shape index (κ2) is 5.63. The number of nitrogens with one attached hydrogen (secondary N) is 1. The van der Waals surface area contributed by atoms with Crippen LogP contribution in [0.2, 0.25) is 5.02 Å². The highest BCUT2D eigenvalue weighted by Gasteiger charge is 2.20. The molecule has 0 atom stereocenters. The van der Waals surface area contributed by atoms with E-state index in [0.717, 1.165) is 9.75 Å². The van der Waals surface area contributed by atoms with Gasteiger partial charge in [-0.15, -0.1) is 11.3 Å². The van der Waals surface area contributed by atoms with Gasteiger partial charge in [0, 0.05) is 14.8 Å². The minimum Gasteiger partial charge on any atom is -0.495 e. The first-order valence-electron chi connectivity index (χ1n) is 5.77. The van der Waals surface area contributed by atoms with Gasteiger partial charge in [-0.05, 0) is 38.1 Å². The zero-order chi connectivity index (χ0) is 14.9.